The lowest BCUT2D eigenvalue weighted by atomic mass is 10.0. The van der Waals surface area contributed by atoms with Crippen molar-refractivity contribution in [1.82, 2.24) is 0 Å². The number of carbonyl (C=O) groups excluding carboxylic acids is 1. The second-order valence-electron chi connectivity index (χ2n) is 5.70. The molecule has 1 nitrogen and oxygen atoms in total. The van der Waals surface area contributed by atoms with Gasteiger partial charge in [-0.05, 0) is 62.5 Å². The average Bonchev–Trinajstić information content (AvgIpc) is 2.99. The second kappa shape index (κ2) is 6.92. The minimum Gasteiger partial charge on any atom is -0.289 e. The van der Waals surface area contributed by atoms with Gasteiger partial charge in [0.2, 0.25) is 0 Å². The van der Waals surface area contributed by atoms with Gasteiger partial charge in [0.25, 0.3) is 0 Å². The molecule has 0 aromatic heterocycles. The van der Waals surface area contributed by atoms with Gasteiger partial charge in [0.15, 0.2) is 5.78 Å². The van der Waals surface area contributed by atoms with Crippen molar-refractivity contribution in [2.24, 2.45) is 0 Å². The molecule has 0 aromatic rings. The third-order valence-electron chi connectivity index (χ3n) is 4.29. The lowest BCUT2D eigenvalue weighted by Crippen LogP contribution is -1.98. The summed E-state index contributed by atoms with van der Waals surface area (Å²) in [7, 11) is 0. The number of carbonyl (C=O) groups is 1. The quantitative estimate of drug-likeness (QED) is 0.486. The van der Waals surface area contributed by atoms with Crippen LogP contribution in [0.2, 0.25) is 0 Å². The van der Waals surface area contributed by atoms with Crippen LogP contribution >= 0.6 is 0 Å². The second-order valence-corrected chi connectivity index (χ2v) is 5.70. The SMILES string of the molecule is CCCCCC/C=C1/CCC(=C2CCCC2)C1=O. The number of ketones is 1. The molecule has 2 saturated carbocycles. The van der Waals surface area contributed by atoms with Gasteiger partial charge in [-0.15, -0.1) is 0 Å². The normalized spacial score (nSPS) is 22.5. The van der Waals surface area contributed by atoms with Crippen molar-refractivity contribution in [1.29, 1.82) is 0 Å². The molecule has 2 aliphatic carbocycles. The topological polar surface area (TPSA) is 17.1 Å². The Morgan fingerprint density at radius 2 is 1.78 bits per heavy atom. The molecule has 0 saturated heterocycles. The summed E-state index contributed by atoms with van der Waals surface area (Å²) < 4.78 is 0. The van der Waals surface area contributed by atoms with E-state index in [0.717, 1.165) is 24.8 Å². The van der Waals surface area contributed by atoms with E-state index >= 15 is 0 Å². The number of hydrogen-bond donors (Lipinski definition) is 0. The molecule has 2 rings (SSSR count). The Hall–Kier alpha value is -0.850. The number of hydrogen-bond acceptors (Lipinski definition) is 1. The van der Waals surface area contributed by atoms with E-state index in [1.54, 1.807) is 0 Å². The van der Waals surface area contributed by atoms with E-state index in [2.05, 4.69) is 13.0 Å². The molecule has 2 aliphatic rings. The molecule has 0 aromatic carbocycles. The molecule has 0 bridgehead atoms. The third-order valence-corrected chi connectivity index (χ3v) is 4.29. The van der Waals surface area contributed by atoms with Crippen LogP contribution in [0, 0.1) is 0 Å². The number of allylic oxidation sites excluding steroid dienone is 4. The summed E-state index contributed by atoms with van der Waals surface area (Å²) in [6.45, 7) is 2.24. The molecule has 0 aliphatic heterocycles. The molecule has 0 spiro atoms. The van der Waals surface area contributed by atoms with E-state index in [4.69, 9.17) is 0 Å². The zero-order valence-corrected chi connectivity index (χ0v) is 11.8. The van der Waals surface area contributed by atoms with E-state index in [0.29, 0.717) is 5.78 Å². The molecule has 0 radical (unpaired) electrons. The Kier molecular flexibility index (Phi) is 5.22. The summed E-state index contributed by atoms with van der Waals surface area (Å²) in [4.78, 5) is 12.3. The molecule has 0 heterocycles. The third kappa shape index (κ3) is 3.34. The summed E-state index contributed by atoms with van der Waals surface area (Å²) in [6, 6.07) is 0. The highest BCUT2D eigenvalue weighted by atomic mass is 16.1. The predicted molar refractivity (Wildman–Crippen MR) is 76.6 cm³/mol. The van der Waals surface area contributed by atoms with E-state index in [-0.39, 0.29) is 0 Å². The summed E-state index contributed by atoms with van der Waals surface area (Å²) in [6.07, 6.45) is 15.5. The molecule has 2 fully saturated rings. The van der Waals surface area contributed by atoms with E-state index in [9.17, 15) is 4.79 Å². The monoisotopic (exact) mass is 246 g/mol. The summed E-state index contributed by atoms with van der Waals surface area (Å²) in [5.74, 6) is 0.391. The van der Waals surface area contributed by atoms with Crippen LogP contribution < -0.4 is 0 Å². The van der Waals surface area contributed by atoms with Gasteiger partial charge in [-0.1, -0.05) is 37.8 Å². The maximum atomic E-state index is 12.3. The maximum absolute atomic E-state index is 12.3. The molecule has 18 heavy (non-hydrogen) atoms. The van der Waals surface area contributed by atoms with Gasteiger partial charge in [0, 0.05) is 0 Å². The van der Waals surface area contributed by atoms with E-state index in [1.807, 2.05) is 0 Å². The lowest BCUT2D eigenvalue weighted by Gasteiger charge is -2.01. The Morgan fingerprint density at radius 3 is 2.50 bits per heavy atom. The first kappa shape index (κ1) is 13.6. The van der Waals surface area contributed by atoms with Gasteiger partial charge in [-0.3, -0.25) is 4.79 Å². The predicted octanol–water partition coefficient (Wildman–Crippen LogP) is 5.12. The summed E-state index contributed by atoms with van der Waals surface area (Å²) in [5.41, 5.74) is 3.78. The molecule has 0 unspecified atom stereocenters. The first-order valence-corrected chi connectivity index (χ1v) is 7.77. The van der Waals surface area contributed by atoms with Crippen molar-refractivity contribution < 1.29 is 4.79 Å². The fourth-order valence-corrected chi connectivity index (χ4v) is 3.16. The van der Waals surface area contributed by atoms with Gasteiger partial charge >= 0.3 is 0 Å². The van der Waals surface area contributed by atoms with Crippen LogP contribution in [0.3, 0.4) is 0 Å². The van der Waals surface area contributed by atoms with Crippen LogP contribution in [0.15, 0.2) is 22.8 Å². The fraction of sp³-hybridized carbons (Fsp3) is 0.706. The number of unbranched alkanes of at least 4 members (excludes halogenated alkanes) is 4. The van der Waals surface area contributed by atoms with Crippen molar-refractivity contribution in [3.05, 3.63) is 22.8 Å². The van der Waals surface area contributed by atoms with Crippen molar-refractivity contribution in [3.63, 3.8) is 0 Å². The highest BCUT2D eigenvalue weighted by molar-refractivity contribution is 6.11. The molecular formula is C17H26O. The summed E-state index contributed by atoms with van der Waals surface area (Å²) >= 11 is 0. The standard InChI is InChI=1S/C17H26O/c1-2-3-4-5-6-11-15-12-13-16(17(15)18)14-9-7-8-10-14/h11H,2-10,12-13H2,1H3/b15-11-. The Labute approximate surface area is 111 Å². The summed E-state index contributed by atoms with van der Waals surface area (Å²) in [5, 5.41) is 0. The Balaban J connectivity index is 1.87. The highest BCUT2D eigenvalue weighted by Gasteiger charge is 2.26. The first-order valence-electron chi connectivity index (χ1n) is 7.77. The van der Waals surface area contributed by atoms with Gasteiger partial charge in [0.1, 0.15) is 0 Å². The molecule has 0 amide bonds. The molecule has 0 N–H and O–H groups in total. The Morgan fingerprint density at radius 1 is 1.00 bits per heavy atom. The van der Waals surface area contributed by atoms with Crippen molar-refractivity contribution in [2.45, 2.75) is 77.6 Å². The average molecular weight is 246 g/mol. The molecule has 0 atom stereocenters. The molecule has 1 heteroatoms. The van der Waals surface area contributed by atoms with Gasteiger partial charge in [0.05, 0.1) is 0 Å². The van der Waals surface area contributed by atoms with E-state index in [1.165, 1.54) is 62.5 Å². The van der Waals surface area contributed by atoms with Gasteiger partial charge in [-0.2, -0.15) is 0 Å². The van der Waals surface area contributed by atoms with Crippen molar-refractivity contribution in [3.8, 4) is 0 Å². The lowest BCUT2D eigenvalue weighted by molar-refractivity contribution is -0.111. The fourth-order valence-electron chi connectivity index (χ4n) is 3.16. The largest absolute Gasteiger partial charge is 0.289 e. The van der Waals surface area contributed by atoms with Crippen LogP contribution in [0.5, 0.6) is 0 Å². The molecular weight excluding hydrogens is 220 g/mol. The minimum absolute atomic E-state index is 0.391. The van der Waals surface area contributed by atoms with Crippen LogP contribution in [-0.2, 0) is 4.79 Å². The van der Waals surface area contributed by atoms with Gasteiger partial charge in [-0.25, -0.2) is 0 Å². The van der Waals surface area contributed by atoms with Crippen LogP contribution in [0.25, 0.3) is 0 Å². The van der Waals surface area contributed by atoms with Gasteiger partial charge < -0.3 is 0 Å². The zero-order chi connectivity index (χ0) is 12.8. The number of rotatable bonds is 5. The maximum Gasteiger partial charge on any atom is 0.184 e. The van der Waals surface area contributed by atoms with Crippen LogP contribution in [-0.4, -0.2) is 5.78 Å². The van der Waals surface area contributed by atoms with Crippen LogP contribution in [0.4, 0.5) is 0 Å². The van der Waals surface area contributed by atoms with Crippen molar-refractivity contribution >= 4 is 5.78 Å². The zero-order valence-electron chi connectivity index (χ0n) is 11.8. The minimum atomic E-state index is 0.391. The first-order chi connectivity index (χ1) is 8.83. The molecule has 100 valence electrons. The highest BCUT2D eigenvalue weighted by Crippen LogP contribution is 2.35. The van der Waals surface area contributed by atoms with E-state index < -0.39 is 0 Å². The van der Waals surface area contributed by atoms with Crippen LogP contribution in [0.1, 0.15) is 77.6 Å². The Bertz CT molecular complexity index is 352. The van der Waals surface area contributed by atoms with Crippen molar-refractivity contribution in [2.75, 3.05) is 0 Å². The number of Topliss-reactive ketones (excluding diaryl/α,β-unsaturated/α-hetero) is 1. The smallest absolute Gasteiger partial charge is 0.184 e.